The molecule has 0 bridgehead atoms. The summed E-state index contributed by atoms with van der Waals surface area (Å²) in [6.07, 6.45) is 7.33. The average molecular weight is 378 g/mol. The summed E-state index contributed by atoms with van der Waals surface area (Å²) in [6, 6.07) is 11.0. The van der Waals surface area contributed by atoms with Crippen molar-refractivity contribution in [2.24, 2.45) is 0 Å². The van der Waals surface area contributed by atoms with Gasteiger partial charge in [0.2, 0.25) is 0 Å². The normalized spacial score (nSPS) is 11.5. The van der Waals surface area contributed by atoms with Crippen LogP contribution < -0.4 is 4.74 Å². The van der Waals surface area contributed by atoms with Crippen LogP contribution in [0.5, 0.6) is 17.2 Å². The number of aryl methyl sites for hydroxylation is 1. The van der Waals surface area contributed by atoms with Crippen molar-refractivity contribution in [1.29, 1.82) is 0 Å². The zero-order valence-electron chi connectivity index (χ0n) is 15.0. The van der Waals surface area contributed by atoms with Crippen LogP contribution in [0.25, 0.3) is 0 Å². The molecule has 0 radical (unpaired) electrons. The fourth-order valence-electron chi connectivity index (χ4n) is 2.83. The van der Waals surface area contributed by atoms with Crippen molar-refractivity contribution in [3.8, 4) is 17.2 Å². The van der Waals surface area contributed by atoms with Gasteiger partial charge in [0.25, 0.3) is 10.1 Å². The van der Waals surface area contributed by atoms with Gasteiger partial charge >= 0.3 is 0 Å². The number of benzene rings is 2. The highest BCUT2D eigenvalue weighted by Crippen LogP contribution is 2.37. The minimum Gasteiger partial charge on any atom is -0.504 e. The van der Waals surface area contributed by atoms with Crippen LogP contribution in [0.4, 0.5) is 0 Å². The first-order chi connectivity index (χ1) is 12.4. The average Bonchev–Trinajstić information content (AvgIpc) is 2.60. The maximum absolute atomic E-state index is 11.7. The van der Waals surface area contributed by atoms with Crippen molar-refractivity contribution >= 4 is 10.1 Å². The Balaban J connectivity index is 2.23. The number of para-hydroxylation sites is 3. The highest BCUT2D eigenvalue weighted by Gasteiger charge is 2.21. The molecule has 142 valence electrons. The predicted octanol–water partition coefficient (Wildman–Crippen LogP) is 5.33. The lowest BCUT2D eigenvalue weighted by molar-refractivity contribution is 0.398. The van der Waals surface area contributed by atoms with Gasteiger partial charge in [0.05, 0.1) is 0 Å². The Hall–Kier alpha value is -2.05. The van der Waals surface area contributed by atoms with E-state index in [2.05, 4.69) is 6.92 Å². The van der Waals surface area contributed by atoms with Crippen LogP contribution in [0.1, 0.15) is 51.0 Å². The van der Waals surface area contributed by atoms with Gasteiger partial charge in [-0.25, -0.2) is 0 Å². The van der Waals surface area contributed by atoms with E-state index < -0.39 is 10.1 Å². The molecular weight excluding hydrogens is 352 g/mol. The second-order valence-corrected chi connectivity index (χ2v) is 7.70. The summed E-state index contributed by atoms with van der Waals surface area (Å²) in [5.74, 6) is 0.126. The van der Waals surface area contributed by atoms with Crippen LogP contribution in [0.15, 0.2) is 47.4 Å². The largest absolute Gasteiger partial charge is 0.504 e. The fraction of sp³-hybridized carbons (Fsp3) is 0.400. The molecular formula is C20H26O5S. The van der Waals surface area contributed by atoms with Gasteiger partial charge in [0, 0.05) is 0 Å². The second kappa shape index (κ2) is 9.59. The van der Waals surface area contributed by atoms with Crippen molar-refractivity contribution in [1.82, 2.24) is 0 Å². The molecule has 0 heterocycles. The summed E-state index contributed by atoms with van der Waals surface area (Å²) in [7, 11) is -4.44. The lowest BCUT2D eigenvalue weighted by Gasteiger charge is -2.15. The van der Waals surface area contributed by atoms with E-state index in [0.717, 1.165) is 19.3 Å². The Labute approximate surface area is 155 Å². The highest BCUT2D eigenvalue weighted by atomic mass is 32.2. The minimum absolute atomic E-state index is 0.0741. The number of phenols is 1. The first-order valence-corrected chi connectivity index (χ1v) is 10.4. The van der Waals surface area contributed by atoms with Crippen molar-refractivity contribution < 1.29 is 22.8 Å². The number of phenolic OH excluding ortho intramolecular Hbond substituents is 1. The summed E-state index contributed by atoms with van der Waals surface area (Å²) in [6.45, 7) is 2.17. The Morgan fingerprint density at radius 2 is 1.62 bits per heavy atom. The molecule has 0 aliphatic carbocycles. The summed E-state index contributed by atoms with van der Waals surface area (Å²) in [5.41, 5.74) is 0.693. The zero-order chi connectivity index (χ0) is 19.0. The number of aromatic hydroxyl groups is 1. The number of ether oxygens (including phenoxy) is 1. The molecule has 0 aromatic heterocycles. The minimum atomic E-state index is -4.44. The third kappa shape index (κ3) is 5.75. The fourth-order valence-corrected chi connectivity index (χ4v) is 3.48. The first kappa shape index (κ1) is 20.3. The van der Waals surface area contributed by atoms with Gasteiger partial charge in [-0.1, -0.05) is 63.3 Å². The van der Waals surface area contributed by atoms with Crippen molar-refractivity contribution in [2.75, 3.05) is 0 Å². The van der Waals surface area contributed by atoms with Crippen LogP contribution in [0.2, 0.25) is 0 Å². The Bertz CT molecular complexity index is 815. The van der Waals surface area contributed by atoms with Crippen LogP contribution in [0, 0.1) is 0 Å². The lowest BCUT2D eigenvalue weighted by atomic mass is 10.0. The molecule has 2 aromatic carbocycles. The van der Waals surface area contributed by atoms with E-state index in [1.807, 2.05) is 0 Å². The topological polar surface area (TPSA) is 83.8 Å². The molecule has 0 saturated heterocycles. The Morgan fingerprint density at radius 3 is 2.31 bits per heavy atom. The van der Waals surface area contributed by atoms with Gasteiger partial charge in [0.15, 0.2) is 17.2 Å². The number of unbranched alkanes of at least 4 members (excludes halogenated alkanes) is 5. The van der Waals surface area contributed by atoms with E-state index >= 15 is 0 Å². The summed E-state index contributed by atoms with van der Waals surface area (Å²) < 4.78 is 38.7. The quantitative estimate of drug-likeness (QED) is 0.431. The molecule has 2 aromatic rings. The third-order valence-electron chi connectivity index (χ3n) is 4.22. The molecule has 0 spiro atoms. The Kier molecular flexibility index (Phi) is 7.48. The maximum Gasteiger partial charge on any atom is 0.298 e. The van der Waals surface area contributed by atoms with E-state index in [0.29, 0.717) is 12.0 Å². The highest BCUT2D eigenvalue weighted by molar-refractivity contribution is 7.86. The third-order valence-corrected chi connectivity index (χ3v) is 5.09. The van der Waals surface area contributed by atoms with Crippen LogP contribution in [-0.4, -0.2) is 18.1 Å². The molecule has 0 unspecified atom stereocenters. The summed E-state index contributed by atoms with van der Waals surface area (Å²) in [4.78, 5) is -0.288. The number of hydrogen-bond acceptors (Lipinski definition) is 4. The molecule has 0 saturated carbocycles. The van der Waals surface area contributed by atoms with Crippen molar-refractivity contribution in [3.63, 3.8) is 0 Å². The van der Waals surface area contributed by atoms with Gasteiger partial charge in [-0.15, -0.1) is 0 Å². The van der Waals surface area contributed by atoms with Crippen LogP contribution in [0.3, 0.4) is 0 Å². The smallest absolute Gasteiger partial charge is 0.298 e. The van der Waals surface area contributed by atoms with Crippen LogP contribution >= 0.6 is 0 Å². The molecule has 0 amide bonds. The monoisotopic (exact) mass is 378 g/mol. The second-order valence-electron chi connectivity index (χ2n) is 6.31. The molecule has 2 rings (SSSR count). The zero-order valence-corrected chi connectivity index (χ0v) is 15.8. The molecule has 0 aliphatic rings. The first-order valence-electron chi connectivity index (χ1n) is 8.98. The van der Waals surface area contributed by atoms with E-state index in [1.165, 1.54) is 31.4 Å². The van der Waals surface area contributed by atoms with Gasteiger partial charge in [-0.2, -0.15) is 8.42 Å². The van der Waals surface area contributed by atoms with Gasteiger partial charge in [-0.05, 0) is 36.6 Å². The number of hydrogen-bond donors (Lipinski definition) is 2. The predicted molar refractivity (Wildman–Crippen MR) is 102 cm³/mol. The molecule has 0 atom stereocenters. The van der Waals surface area contributed by atoms with Gasteiger partial charge in [-0.3, -0.25) is 4.55 Å². The van der Waals surface area contributed by atoms with E-state index in [4.69, 9.17) is 4.74 Å². The number of rotatable bonds is 10. The molecule has 26 heavy (non-hydrogen) atoms. The van der Waals surface area contributed by atoms with Crippen molar-refractivity contribution in [2.45, 2.75) is 56.8 Å². The van der Waals surface area contributed by atoms with Crippen molar-refractivity contribution in [3.05, 3.63) is 48.0 Å². The van der Waals surface area contributed by atoms with Crippen LogP contribution in [-0.2, 0) is 16.5 Å². The van der Waals surface area contributed by atoms with E-state index in [9.17, 15) is 18.1 Å². The Morgan fingerprint density at radius 1 is 0.923 bits per heavy atom. The lowest BCUT2D eigenvalue weighted by Crippen LogP contribution is -2.04. The molecule has 0 fully saturated rings. The molecule has 6 heteroatoms. The maximum atomic E-state index is 11.7. The SMILES string of the molecule is CCCCCCCCc1cccc(S(=O)(=O)O)c1Oc1ccccc1O. The molecule has 0 aliphatic heterocycles. The summed E-state index contributed by atoms with van der Waals surface area (Å²) >= 11 is 0. The van der Waals surface area contributed by atoms with Gasteiger partial charge < -0.3 is 9.84 Å². The summed E-state index contributed by atoms with van der Waals surface area (Å²) in [5, 5.41) is 9.92. The van der Waals surface area contributed by atoms with E-state index in [1.54, 1.807) is 30.3 Å². The standard InChI is InChI=1S/C20H26O5S/c1-2-3-4-5-6-7-11-16-12-10-15-19(26(22,23)24)20(16)25-18-14-9-8-13-17(18)21/h8-10,12-15,21H,2-7,11H2,1H3,(H,22,23,24). The molecule has 5 nitrogen and oxygen atoms in total. The molecule has 2 N–H and O–H groups in total. The van der Waals surface area contributed by atoms with E-state index in [-0.39, 0.29) is 22.1 Å². The van der Waals surface area contributed by atoms with Gasteiger partial charge in [0.1, 0.15) is 4.90 Å².